The molecule has 0 saturated carbocycles. The number of hydrogen-bond donors (Lipinski definition) is 4. The summed E-state index contributed by atoms with van der Waals surface area (Å²) in [5.74, 6) is 1.63. The van der Waals surface area contributed by atoms with E-state index in [1.54, 1.807) is 5.92 Å². The number of rotatable bonds is 2. The van der Waals surface area contributed by atoms with Gasteiger partial charge in [0.2, 0.25) is 0 Å². The summed E-state index contributed by atoms with van der Waals surface area (Å²) in [5, 5.41) is 33.5. The minimum absolute atomic E-state index is 0.874. The average Bonchev–Trinajstić information content (AvgIpc) is 1.86. The van der Waals surface area contributed by atoms with Crippen LogP contribution in [0.25, 0.3) is 0 Å². The predicted octanol–water partition coefficient (Wildman–Crippen LogP) is -2.35. The van der Waals surface area contributed by atoms with Gasteiger partial charge in [-0.25, -0.2) is 0 Å². The molecule has 0 spiro atoms. The Kier molecular flexibility index (Phi) is 2.62. The van der Waals surface area contributed by atoms with Crippen molar-refractivity contribution in [3.8, 4) is 12.3 Å². The van der Waals surface area contributed by atoms with Gasteiger partial charge in [0, 0.05) is 0 Å². The van der Waals surface area contributed by atoms with Crippen LogP contribution in [0.5, 0.6) is 0 Å². The minimum Gasteiger partial charge on any atom is -0.392 e. The van der Waals surface area contributed by atoms with E-state index < -0.39 is 18.5 Å². The first kappa shape index (κ1) is 8.40. The molecule has 0 aliphatic heterocycles. The van der Waals surface area contributed by atoms with Gasteiger partial charge in [0.15, 0.2) is 11.9 Å². The molecule has 1 atom stereocenters. The highest BCUT2D eigenvalue weighted by atomic mass is 16.5. The van der Waals surface area contributed by atoms with Crippen LogP contribution in [0, 0.1) is 12.3 Å². The van der Waals surface area contributed by atoms with Crippen LogP contribution in [0.3, 0.4) is 0 Å². The Morgan fingerprint density at radius 3 is 2.00 bits per heavy atom. The van der Waals surface area contributed by atoms with E-state index in [1.165, 1.54) is 0 Å². The number of aliphatic hydroxyl groups is 4. The fourth-order valence-electron chi connectivity index (χ4n) is 0.202. The van der Waals surface area contributed by atoms with Crippen molar-refractivity contribution in [2.75, 3.05) is 6.61 Å². The Bertz CT molecular complexity index is 125. The molecule has 0 saturated heterocycles. The third kappa shape index (κ3) is 1.66. The molecule has 4 heteroatoms. The molecule has 0 fully saturated rings. The van der Waals surface area contributed by atoms with Crippen molar-refractivity contribution >= 4 is 0 Å². The normalized spacial score (nSPS) is 16.9. The zero-order valence-electron chi connectivity index (χ0n) is 4.65. The number of hydrogen-bond acceptors (Lipinski definition) is 4. The molecule has 4 N–H and O–H groups in total. The lowest BCUT2D eigenvalue weighted by molar-refractivity contribution is -0.170. The van der Waals surface area contributed by atoms with Gasteiger partial charge in [-0.15, -0.1) is 6.42 Å². The molecule has 0 bridgehead atoms. The van der Waals surface area contributed by atoms with Crippen LogP contribution in [0.15, 0.2) is 0 Å². The fraction of sp³-hybridized carbons (Fsp3) is 0.600. The first-order valence-corrected chi connectivity index (χ1v) is 2.24. The van der Waals surface area contributed by atoms with Gasteiger partial charge in [-0.05, 0) is 0 Å². The van der Waals surface area contributed by atoms with Crippen molar-refractivity contribution in [3.63, 3.8) is 0 Å². The molecular weight excluding hydrogens is 124 g/mol. The Morgan fingerprint density at radius 1 is 1.56 bits per heavy atom. The number of terminal acetylenes is 1. The van der Waals surface area contributed by atoms with E-state index >= 15 is 0 Å². The third-order valence-electron chi connectivity index (χ3n) is 0.918. The molecule has 0 aromatic rings. The highest BCUT2D eigenvalue weighted by Gasteiger charge is 2.30. The summed E-state index contributed by atoms with van der Waals surface area (Å²) in [4.78, 5) is 0. The minimum atomic E-state index is -2.22. The molecule has 0 unspecified atom stereocenters. The summed E-state index contributed by atoms with van der Waals surface area (Å²) >= 11 is 0. The molecule has 4 nitrogen and oxygen atoms in total. The summed E-state index contributed by atoms with van der Waals surface area (Å²) in [7, 11) is 0. The van der Waals surface area contributed by atoms with Gasteiger partial charge in [-0.2, -0.15) is 0 Å². The summed E-state index contributed by atoms with van der Waals surface area (Å²) in [6.45, 7) is -0.874. The van der Waals surface area contributed by atoms with Gasteiger partial charge >= 0.3 is 0 Å². The summed E-state index contributed by atoms with van der Waals surface area (Å²) in [6, 6.07) is 0. The summed E-state index contributed by atoms with van der Waals surface area (Å²) in [5.41, 5.74) is -2.22. The van der Waals surface area contributed by atoms with Gasteiger partial charge in [-0.3, -0.25) is 0 Å². The Morgan fingerprint density at radius 2 is 2.00 bits per heavy atom. The van der Waals surface area contributed by atoms with Crippen LogP contribution in [-0.4, -0.2) is 38.9 Å². The molecule has 0 rings (SSSR count). The van der Waals surface area contributed by atoms with E-state index in [2.05, 4.69) is 6.42 Å². The van der Waals surface area contributed by atoms with E-state index in [1.807, 2.05) is 0 Å². The van der Waals surface area contributed by atoms with Crippen LogP contribution < -0.4 is 0 Å². The molecule has 9 heavy (non-hydrogen) atoms. The second-order valence-electron chi connectivity index (χ2n) is 1.60. The van der Waals surface area contributed by atoms with E-state index in [0.29, 0.717) is 0 Å². The molecule has 0 aromatic heterocycles. The summed E-state index contributed by atoms with van der Waals surface area (Å²) < 4.78 is 0. The highest BCUT2D eigenvalue weighted by molar-refractivity contribution is 5.08. The van der Waals surface area contributed by atoms with Crippen molar-refractivity contribution in [3.05, 3.63) is 0 Å². The van der Waals surface area contributed by atoms with Crippen molar-refractivity contribution in [1.29, 1.82) is 0 Å². The zero-order valence-corrected chi connectivity index (χ0v) is 4.65. The Hall–Kier alpha value is -0.600. The Balaban J connectivity index is 4.14. The lowest BCUT2D eigenvalue weighted by atomic mass is 10.1. The molecule has 0 heterocycles. The summed E-state index contributed by atoms with van der Waals surface area (Å²) in [6.07, 6.45) is 2.53. The Labute approximate surface area is 52.4 Å². The SMILES string of the molecule is C#C[C@@](O)(CO)C(O)O. The molecular formula is C5H8O4. The molecule has 0 aliphatic rings. The topological polar surface area (TPSA) is 80.9 Å². The van der Waals surface area contributed by atoms with Crippen molar-refractivity contribution < 1.29 is 20.4 Å². The fourth-order valence-corrected chi connectivity index (χ4v) is 0.202. The monoisotopic (exact) mass is 132 g/mol. The van der Waals surface area contributed by atoms with E-state index in [9.17, 15) is 0 Å². The van der Waals surface area contributed by atoms with E-state index in [4.69, 9.17) is 20.4 Å². The van der Waals surface area contributed by atoms with Crippen molar-refractivity contribution in [1.82, 2.24) is 0 Å². The standard InChI is InChI=1S/C5H8O4/c1-2-5(9,3-6)4(7)8/h1,4,6-9H,3H2/t5-/m1/s1. The lowest BCUT2D eigenvalue weighted by Crippen LogP contribution is -2.44. The first-order valence-electron chi connectivity index (χ1n) is 2.24. The second kappa shape index (κ2) is 2.80. The predicted molar refractivity (Wildman–Crippen MR) is 29.1 cm³/mol. The zero-order chi connectivity index (χ0) is 7.49. The van der Waals surface area contributed by atoms with Crippen molar-refractivity contribution in [2.24, 2.45) is 0 Å². The first-order chi connectivity index (χ1) is 4.06. The van der Waals surface area contributed by atoms with Crippen molar-refractivity contribution in [2.45, 2.75) is 11.9 Å². The van der Waals surface area contributed by atoms with Crippen LogP contribution in [0.1, 0.15) is 0 Å². The second-order valence-corrected chi connectivity index (χ2v) is 1.60. The van der Waals surface area contributed by atoms with E-state index in [0.717, 1.165) is 0 Å². The van der Waals surface area contributed by atoms with Crippen LogP contribution in [0.4, 0.5) is 0 Å². The van der Waals surface area contributed by atoms with Gasteiger partial charge in [0.05, 0.1) is 6.61 Å². The van der Waals surface area contributed by atoms with Gasteiger partial charge < -0.3 is 20.4 Å². The third-order valence-corrected chi connectivity index (χ3v) is 0.918. The largest absolute Gasteiger partial charge is 0.392 e. The van der Waals surface area contributed by atoms with Crippen LogP contribution in [-0.2, 0) is 0 Å². The maximum absolute atomic E-state index is 8.72. The molecule has 0 amide bonds. The molecule has 0 aromatic carbocycles. The number of aliphatic hydroxyl groups excluding tert-OH is 2. The average molecular weight is 132 g/mol. The van der Waals surface area contributed by atoms with Gasteiger partial charge in [0.25, 0.3) is 0 Å². The molecule has 0 radical (unpaired) electrons. The van der Waals surface area contributed by atoms with Crippen LogP contribution >= 0.6 is 0 Å². The van der Waals surface area contributed by atoms with Crippen LogP contribution in [0.2, 0.25) is 0 Å². The lowest BCUT2D eigenvalue weighted by Gasteiger charge is -2.20. The molecule has 52 valence electrons. The maximum atomic E-state index is 8.72. The highest BCUT2D eigenvalue weighted by Crippen LogP contribution is 2.04. The molecule has 0 aliphatic carbocycles. The van der Waals surface area contributed by atoms with Gasteiger partial charge in [-0.1, -0.05) is 5.92 Å². The smallest absolute Gasteiger partial charge is 0.199 e. The maximum Gasteiger partial charge on any atom is 0.199 e. The van der Waals surface area contributed by atoms with Gasteiger partial charge in [0.1, 0.15) is 0 Å². The van der Waals surface area contributed by atoms with E-state index in [-0.39, 0.29) is 0 Å². The quantitative estimate of drug-likeness (QED) is 0.250.